The van der Waals surface area contributed by atoms with Gasteiger partial charge < -0.3 is 5.32 Å². The number of hydrogen-bond donors (Lipinski definition) is 3. The first-order valence-corrected chi connectivity index (χ1v) is 8.62. The summed E-state index contributed by atoms with van der Waals surface area (Å²) >= 11 is 0. The normalized spacial score (nSPS) is 17.4. The smallest absolute Gasteiger partial charge is 0.0896 e. The Morgan fingerprint density at radius 2 is 1.91 bits per heavy atom. The van der Waals surface area contributed by atoms with E-state index < -0.39 is 11.0 Å². The SMILES string of the molecule is CNCCCN1c2ccccc2N(c2cccnc2)S1(O)O. The Hall–Kier alpha value is -1.80. The molecule has 0 saturated carbocycles. The summed E-state index contributed by atoms with van der Waals surface area (Å²) < 4.78 is 24.9. The molecular formula is C15H20N4O2S. The van der Waals surface area contributed by atoms with Gasteiger partial charge in [0.15, 0.2) is 0 Å². The van der Waals surface area contributed by atoms with Crippen molar-refractivity contribution >= 4 is 28.0 Å². The summed E-state index contributed by atoms with van der Waals surface area (Å²) in [5.41, 5.74) is 2.30. The van der Waals surface area contributed by atoms with E-state index in [0.717, 1.165) is 24.3 Å². The summed E-state index contributed by atoms with van der Waals surface area (Å²) in [6, 6.07) is 11.2. The van der Waals surface area contributed by atoms with Crippen molar-refractivity contribution in [3.63, 3.8) is 0 Å². The van der Waals surface area contributed by atoms with Gasteiger partial charge in [-0.15, -0.1) is 0 Å². The fraction of sp³-hybridized carbons (Fsp3) is 0.267. The van der Waals surface area contributed by atoms with Crippen LogP contribution in [0.4, 0.5) is 17.1 Å². The molecule has 6 nitrogen and oxygen atoms in total. The summed E-state index contributed by atoms with van der Waals surface area (Å²) in [5.74, 6) is 0. The summed E-state index contributed by atoms with van der Waals surface area (Å²) in [4.78, 5) is 4.09. The van der Waals surface area contributed by atoms with Gasteiger partial charge in [0.25, 0.3) is 0 Å². The van der Waals surface area contributed by atoms with Crippen molar-refractivity contribution in [2.75, 3.05) is 28.7 Å². The Balaban J connectivity index is 2.01. The van der Waals surface area contributed by atoms with Crippen LogP contribution in [-0.2, 0) is 0 Å². The van der Waals surface area contributed by atoms with Crippen molar-refractivity contribution < 1.29 is 9.11 Å². The zero-order chi connectivity index (χ0) is 15.6. The third-order valence-electron chi connectivity index (χ3n) is 3.58. The lowest BCUT2D eigenvalue weighted by atomic mass is 10.2. The molecule has 7 heteroatoms. The quantitative estimate of drug-likeness (QED) is 0.735. The molecule has 2 heterocycles. The largest absolute Gasteiger partial charge is 0.320 e. The molecule has 0 saturated heterocycles. The minimum atomic E-state index is -3.12. The number of nitrogens with zero attached hydrogens (tertiary/aromatic N) is 3. The van der Waals surface area contributed by atoms with Crippen LogP contribution in [0.5, 0.6) is 0 Å². The number of hydrogen-bond acceptors (Lipinski definition) is 6. The molecule has 0 aliphatic carbocycles. The Labute approximate surface area is 132 Å². The van der Waals surface area contributed by atoms with E-state index in [9.17, 15) is 9.11 Å². The zero-order valence-corrected chi connectivity index (χ0v) is 13.2. The molecule has 3 rings (SSSR count). The van der Waals surface area contributed by atoms with Gasteiger partial charge in [-0.1, -0.05) is 12.1 Å². The maximum Gasteiger partial charge on any atom is 0.0896 e. The van der Waals surface area contributed by atoms with Crippen molar-refractivity contribution in [2.45, 2.75) is 6.42 Å². The predicted molar refractivity (Wildman–Crippen MR) is 91.6 cm³/mol. The third-order valence-corrected chi connectivity index (χ3v) is 5.45. The van der Waals surface area contributed by atoms with Crippen LogP contribution in [-0.4, -0.2) is 34.2 Å². The Morgan fingerprint density at radius 3 is 2.59 bits per heavy atom. The highest BCUT2D eigenvalue weighted by Gasteiger charge is 2.41. The van der Waals surface area contributed by atoms with Crippen molar-refractivity contribution in [1.82, 2.24) is 10.3 Å². The topological polar surface area (TPSA) is 71.9 Å². The summed E-state index contributed by atoms with van der Waals surface area (Å²) in [6.07, 6.45) is 4.13. The molecule has 2 aromatic rings. The van der Waals surface area contributed by atoms with Crippen LogP contribution in [0.3, 0.4) is 0 Å². The highest BCUT2D eigenvalue weighted by atomic mass is 32.3. The Bertz CT molecular complexity index is 638. The summed E-state index contributed by atoms with van der Waals surface area (Å²) in [6.45, 7) is 1.39. The molecular weight excluding hydrogens is 300 g/mol. The molecule has 1 aromatic heterocycles. The van der Waals surface area contributed by atoms with Crippen LogP contribution < -0.4 is 13.9 Å². The molecule has 1 aromatic carbocycles. The van der Waals surface area contributed by atoms with Crippen molar-refractivity contribution in [3.05, 3.63) is 48.8 Å². The average Bonchev–Trinajstić information content (AvgIpc) is 2.75. The van der Waals surface area contributed by atoms with Crippen molar-refractivity contribution in [3.8, 4) is 0 Å². The molecule has 0 radical (unpaired) electrons. The van der Waals surface area contributed by atoms with E-state index in [2.05, 4.69) is 10.3 Å². The molecule has 0 bridgehead atoms. The maximum atomic E-state index is 10.8. The number of para-hydroxylation sites is 2. The fourth-order valence-electron chi connectivity index (χ4n) is 2.61. The maximum absolute atomic E-state index is 10.8. The number of pyridine rings is 1. The molecule has 1 aliphatic rings. The first-order chi connectivity index (χ1) is 10.7. The molecule has 0 fully saturated rings. The molecule has 3 N–H and O–H groups in total. The minimum absolute atomic E-state index is 0.566. The van der Waals surface area contributed by atoms with Crippen LogP contribution in [0.2, 0.25) is 0 Å². The molecule has 0 spiro atoms. The second-order valence-corrected chi connectivity index (χ2v) is 6.83. The Morgan fingerprint density at radius 1 is 1.14 bits per heavy atom. The Kier molecular flexibility index (Phi) is 4.21. The predicted octanol–water partition coefficient (Wildman–Crippen LogP) is 3.23. The van der Waals surface area contributed by atoms with Gasteiger partial charge in [0.1, 0.15) is 0 Å². The van der Waals surface area contributed by atoms with Crippen LogP contribution in [0, 0.1) is 0 Å². The van der Waals surface area contributed by atoms with E-state index >= 15 is 0 Å². The van der Waals surface area contributed by atoms with E-state index in [0.29, 0.717) is 12.2 Å². The first kappa shape index (κ1) is 15.1. The highest BCUT2D eigenvalue weighted by molar-refractivity contribution is 8.27. The van der Waals surface area contributed by atoms with Gasteiger partial charge in [-0.2, -0.15) is 0 Å². The van der Waals surface area contributed by atoms with Crippen molar-refractivity contribution in [2.24, 2.45) is 0 Å². The molecule has 1 aliphatic heterocycles. The highest BCUT2D eigenvalue weighted by Crippen LogP contribution is 2.63. The van der Waals surface area contributed by atoms with Gasteiger partial charge in [-0.25, -0.2) is 4.31 Å². The van der Waals surface area contributed by atoms with Gasteiger partial charge in [0.05, 0.1) is 23.3 Å². The van der Waals surface area contributed by atoms with Gasteiger partial charge in [0.2, 0.25) is 0 Å². The second-order valence-electron chi connectivity index (χ2n) is 5.04. The summed E-state index contributed by atoms with van der Waals surface area (Å²) in [5, 5.41) is 3.08. The van der Waals surface area contributed by atoms with Gasteiger partial charge >= 0.3 is 0 Å². The number of nitrogens with one attached hydrogen (secondary N) is 1. The van der Waals surface area contributed by atoms with Crippen LogP contribution in [0.25, 0.3) is 0 Å². The number of rotatable bonds is 5. The lowest BCUT2D eigenvalue weighted by Gasteiger charge is -2.43. The lowest BCUT2D eigenvalue weighted by molar-refractivity contribution is 0.483. The van der Waals surface area contributed by atoms with E-state index in [1.165, 1.54) is 0 Å². The van der Waals surface area contributed by atoms with E-state index in [-0.39, 0.29) is 0 Å². The van der Waals surface area contributed by atoms with E-state index in [1.54, 1.807) is 27.1 Å². The van der Waals surface area contributed by atoms with Crippen molar-refractivity contribution in [1.29, 1.82) is 0 Å². The fourth-order valence-corrected chi connectivity index (χ4v) is 4.40. The first-order valence-electron chi connectivity index (χ1n) is 7.16. The van der Waals surface area contributed by atoms with Crippen LogP contribution in [0.15, 0.2) is 48.8 Å². The number of anilines is 3. The van der Waals surface area contributed by atoms with Gasteiger partial charge in [-0.05, 0) is 55.2 Å². The minimum Gasteiger partial charge on any atom is -0.320 e. The third kappa shape index (κ3) is 2.52. The molecule has 0 unspecified atom stereocenters. The zero-order valence-electron chi connectivity index (χ0n) is 12.4. The second kappa shape index (κ2) is 6.13. The number of aromatic nitrogens is 1. The molecule has 118 valence electrons. The molecule has 22 heavy (non-hydrogen) atoms. The summed E-state index contributed by atoms with van der Waals surface area (Å²) in [7, 11) is -1.23. The standard InChI is InChI=1S/C15H20N4O2S/c1-16-9-5-11-18-14-7-2-3-8-15(14)19(22(18,20)21)13-6-4-10-17-12-13/h2-4,6-8,10,12,16,20-21H,5,9,11H2,1H3. The van der Waals surface area contributed by atoms with Crippen LogP contribution in [0.1, 0.15) is 6.42 Å². The number of fused-ring (bicyclic) bond motifs is 1. The van der Waals surface area contributed by atoms with Crippen LogP contribution >= 0.6 is 11.0 Å². The average molecular weight is 320 g/mol. The number of benzene rings is 1. The molecule has 0 amide bonds. The lowest BCUT2D eigenvalue weighted by Crippen LogP contribution is -2.32. The monoisotopic (exact) mass is 320 g/mol. The molecule has 0 atom stereocenters. The van der Waals surface area contributed by atoms with E-state index in [1.807, 2.05) is 37.4 Å². The van der Waals surface area contributed by atoms with E-state index in [4.69, 9.17) is 0 Å². The van der Waals surface area contributed by atoms with Gasteiger partial charge in [-0.3, -0.25) is 18.4 Å². The van der Waals surface area contributed by atoms with Gasteiger partial charge in [0, 0.05) is 12.7 Å².